The molecule has 0 saturated carbocycles. The van der Waals surface area contributed by atoms with E-state index in [2.05, 4.69) is 27.2 Å². The molecule has 1 aliphatic rings. The summed E-state index contributed by atoms with van der Waals surface area (Å²) in [5, 5.41) is 3.62. The maximum absolute atomic E-state index is 12.8. The van der Waals surface area contributed by atoms with Crippen LogP contribution in [0.25, 0.3) is 5.65 Å². The van der Waals surface area contributed by atoms with Crippen molar-refractivity contribution < 1.29 is 4.79 Å². The highest BCUT2D eigenvalue weighted by atomic mass is 32.1. The van der Waals surface area contributed by atoms with Gasteiger partial charge in [-0.2, -0.15) is 0 Å². The lowest BCUT2D eigenvalue weighted by Crippen LogP contribution is -2.25. The Balaban J connectivity index is 1.64. The SMILES string of the molecule is Cc1ccn2c(C(=O)Nc3nc4c(s3)CN(C)CC4)c(C)nc2c1. The van der Waals surface area contributed by atoms with Crippen LogP contribution in [0.1, 0.15) is 32.3 Å². The van der Waals surface area contributed by atoms with Gasteiger partial charge in [-0.05, 0) is 38.6 Å². The first kappa shape index (κ1) is 15.3. The van der Waals surface area contributed by atoms with Gasteiger partial charge in [-0.25, -0.2) is 9.97 Å². The Hall–Kier alpha value is -2.25. The molecule has 0 fully saturated rings. The highest BCUT2D eigenvalue weighted by Crippen LogP contribution is 2.28. The number of carbonyl (C=O) groups is 1. The van der Waals surface area contributed by atoms with Crippen LogP contribution in [0.15, 0.2) is 18.3 Å². The van der Waals surface area contributed by atoms with Crippen LogP contribution >= 0.6 is 11.3 Å². The number of aryl methyl sites for hydroxylation is 2. The maximum Gasteiger partial charge on any atom is 0.276 e. The molecule has 4 rings (SSSR count). The van der Waals surface area contributed by atoms with Crippen molar-refractivity contribution in [3.63, 3.8) is 0 Å². The van der Waals surface area contributed by atoms with Gasteiger partial charge in [0.2, 0.25) is 0 Å². The van der Waals surface area contributed by atoms with Crippen molar-refractivity contribution in [2.24, 2.45) is 0 Å². The number of pyridine rings is 1. The van der Waals surface area contributed by atoms with E-state index in [0.717, 1.165) is 42.1 Å². The molecule has 0 aliphatic carbocycles. The van der Waals surface area contributed by atoms with E-state index >= 15 is 0 Å². The lowest BCUT2D eigenvalue weighted by atomic mass is 10.2. The summed E-state index contributed by atoms with van der Waals surface area (Å²) in [5.74, 6) is -0.164. The first-order valence-corrected chi connectivity index (χ1v) is 8.76. The fourth-order valence-corrected chi connectivity index (χ4v) is 4.15. The van der Waals surface area contributed by atoms with E-state index < -0.39 is 0 Å². The summed E-state index contributed by atoms with van der Waals surface area (Å²) in [7, 11) is 2.10. The molecule has 0 unspecified atom stereocenters. The van der Waals surface area contributed by atoms with Crippen molar-refractivity contribution >= 4 is 28.0 Å². The average molecular weight is 341 g/mol. The second kappa shape index (κ2) is 5.68. The number of aromatic nitrogens is 3. The second-order valence-electron chi connectivity index (χ2n) is 6.31. The molecule has 0 radical (unpaired) electrons. The minimum Gasteiger partial charge on any atom is -0.301 e. The summed E-state index contributed by atoms with van der Waals surface area (Å²) in [6.07, 6.45) is 2.83. The minimum absolute atomic E-state index is 0.164. The summed E-state index contributed by atoms with van der Waals surface area (Å²) in [6.45, 7) is 5.78. The summed E-state index contributed by atoms with van der Waals surface area (Å²) in [5.41, 5.74) is 4.31. The number of thiazole rings is 1. The predicted octanol–water partition coefficient (Wildman–Crippen LogP) is 2.65. The van der Waals surface area contributed by atoms with Gasteiger partial charge in [0.05, 0.1) is 11.4 Å². The molecule has 4 heterocycles. The molecule has 7 heteroatoms. The van der Waals surface area contributed by atoms with Crippen molar-refractivity contribution in [1.29, 1.82) is 0 Å². The van der Waals surface area contributed by atoms with E-state index in [9.17, 15) is 4.79 Å². The third kappa shape index (κ3) is 2.59. The highest BCUT2D eigenvalue weighted by molar-refractivity contribution is 7.15. The number of amides is 1. The summed E-state index contributed by atoms with van der Waals surface area (Å²) >= 11 is 1.56. The topological polar surface area (TPSA) is 62.5 Å². The number of imidazole rings is 1. The lowest BCUT2D eigenvalue weighted by molar-refractivity contribution is 0.102. The zero-order valence-electron chi connectivity index (χ0n) is 14.0. The zero-order chi connectivity index (χ0) is 16.8. The van der Waals surface area contributed by atoms with Crippen molar-refractivity contribution in [1.82, 2.24) is 19.3 Å². The van der Waals surface area contributed by atoms with Gasteiger partial charge in [-0.3, -0.25) is 14.5 Å². The predicted molar refractivity (Wildman–Crippen MR) is 94.8 cm³/mol. The number of nitrogens with zero attached hydrogens (tertiary/aromatic N) is 4. The largest absolute Gasteiger partial charge is 0.301 e. The molecular formula is C17H19N5OS. The third-order valence-corrected chi connectivity index (χ3v) is 5.31. The molecule has 3 aromatic heterocycles. The third-order valence-electron chi connectivity index (χ3n) is 4.31. The van der Waals surface area contributed by atoms with Crippen LogP contribution in [0.5, 0.6) is 0 Å². The number of carbonyl (C=O) groups excluding carboxylic acids is 1. The first-order valence-electron chi connectivity index (χ1n) is 7.95. The second-order valence-corrected chi connectivity index (χ2v) is 7.39. The van der Waals surface area contributed by atoms with E-state index in [1.807, 2.05) is 36.6 Å². The number of hydrogen-bond donors (Lipinski definition) is 1. The Kier molecular flexibility index (Phi) is 3.62. The van der Waals surface area contributed by atoms with E-state index in [4.69, 9.17) is 0 Å². The summed E-state index contributed by atoms with van der Waals surface area (Å²) in [4.78, 5) is 25.3. The maximum atomic E-state index is 12.8. The van der Waals surface area contributed by atoms with Crippen LogP contribution in [0.3, 0.4) is 0 Å². The molecule has 3 aromatic rings. The van der Waals surface area contributed by atoms with Crippen LogP contribution in [0.4, 0.5) is 5.13 Å². The molecule has 6 nitrogen and oxygen atoms in total. The monoisotopic (exact) mass is 341 g/mol. The smallest absolute Gasteiger partial charge is 0.276 e. The normalized spacial score (nSPS) is 14.8. The molecule has 1 aliphatic heterocycles. The molecule has 24 heavy (non-hydrogen) atoms. The van der Waals surface area contributed by atoms with Crippen molar-refractivity contribution in [3.8, 4) is 0 Å². The van der Waals surface area contributed by atoms with Gasteiger partial charge < -0.3 is 4.90 Å². The van der Waals surface area contributed by atoms with E-state index in [0.29, 0.717) is 10.8 Å². The van der Waals surface area contributed by atoms with Crippen LogP contribution in [-0.4, -0.2) is 38.8 Å². The Morgan fingerprint density at radius 1 is 1.33 bits per heavy atom. The Morgan fingerprint density at radius 2 is 2.17 bits per heavy atom. The van der Waals surface area contributed by atoms with E-state index in [1.165, 1.54) is 4.88 Å². The van der Waals surface area contributed by atoms with Gasteiger partial charge in [0, 0.05) is 30.6 Å². The van der Waals surface area contributed by atoms with Crippen LogP contribution in [-0.2, 0) is 13.0 Å². The zero-order valence-corrected chi connectivity index (χ0v) is 14.8. The first-order chi connectivity index (χ1) is 11.5. The number of fused-ring (bicyclic) bond motifs is 2. The highest BCUT2D eigenvalue weighted by Gasteiger charge is 2.21. The van der Waals surface area contributed by atoms with Crippen molar-refractivity contribution in [2.45, 2.75) is 26.8 Å². The Bertz CT molecular complexity index is 942. The average Bonchev–Trinajstić information content (AvgIpc) is 3.05. The standard InChI is InChI=1S/C17H19N5OS/c1-10-4-7-22-14(8-10)18-11(2)15(22)16(23)20-17-19-12-5-6-21(3)9-13(12)24-17/h4,7-8H,5-6,9H2,1-3H3,(H,19,20,23). The number of rotatable bonds is 2. The van der Waals surface area contributed by atoms with Gasteiger partial charge in [-0.15, -0.1) is 11.3 Å². The van der Waals surface area contributed by atoms with Gasteiger partial charge in [0.15, 0.2) is 5.13 Å². The molecule has 0 aromatic carbocycles. The van der Waals surface area contributed by atoms with Gasteiger partial charge >= 0.3 is 0 Å². The summed E-state index contributed by atoms with van der Waals surface area (Å²) < 4.78 is 1.83. The fraction of sp³-hybridized carbons (Fsp3) is 0.353. The van der Waals surface area contributed by atoms with Crippen molar-refractivity contribution in [2.75, 3.05) is 18.9 Å². The number of hydrogen-bond acceptors (Lipinski definition) is 5. The lowest BCUT2D eigenvalue weighted by Gasteiger charge is -2.20. The molecule has 0 atom stereocenters. The van der Waals surface area contributed by atoms with Crippen molar-refractivity contribution in [3.05, 3.63) is 45.9 Å². The molecule has 124 valence electrons. The molecule has 0 saturated heterocycles. The Morgan fingerprint density at radius 3 is 3.00 bits per heavy atom. The Labute approximate surface area is 144 Å². The number of likely N-dealkylation sites (N-methyl/N-ethyl adjacent to an activating group) is 1. The molecule has 0 bridgehead atoms. The van der Waals surface area contributed by atoms with Crippen LogP contribution < -0.4 is 5.32 Å². The minimum atomic E-state index is -0.164. The molecular weight excluding hydrogens is 322 g/mol. The van der Waals surface area contributed by atoms with Crippen LogP contribution in [0, 0.1) is 13.8 Å². The molecule has 1 N–H and O–H groups in total. The van der Waals surface area contributed by atoms with Crippen LogP contribution in [0.2, 0.25) is 0 Å². The number of anilines is 1. The molecule has 0 spiro atoms. The van der Waals surface area contributed by atoms with Gasteiger partial charge in [-0.1, -0.05) is 0 Å². The number of nitrogens with one attached hydrogen (secondary N) is 1. The van der Waals surface area contributed by atoms with Gasteiger partial charge in [0.25, 0.3) is 5.91 Å². The van der Waals surface area contributed by atoms with E-state index in [-0.39, 0.29) is 5.91 Å². The quantitative estimate of drug-likeness (QED) is 0.778. The fourth-order valence-electron chi connectivity index (χ4n) is 3.07. The van der Waals surface area contributed by atoms with E-state index in [1.54, 1.807) is 11.3 Å². The summed E-state index contributed by atoms with van der Waals surface area (Å²) in [6, 6.07) is 3.95. The van der Waals surface area contributed by atoms with Gasteiger partial charge in [0.1, 0.15) is 11.3 Å². The molecule has 1 amide bonds.